The van der Waals surface area contributed by atoms with E-state index in [1.807, 2.05) is 11.3 Å². The number of likely N-dealkylation sites (tertiary alicyclic amines) is 1. The molecule has 2 unspecified atom stereocenters. The number of thiophene rings is 1. The van der Waals surface area contributed by atoms with E-state index in [4.69, 9.17) is 0 Å². The minimum Gasteiger partial charge on any atom is -0.481 e. The molecule has 3 nitrogen and oxygen atoms in total. The van der Waals surface area contributed by atoms with Crippen LogP contribution in [0.4, 0.5) is 0 Å². The average Bonchev–Trinajstić information content (AvgIpc) is 2.92. The van der Waals surface area contributed by atoms with Gasteiger partial charge in [0, 0.05) is 17.5 Å². The molecule has 4 heteroatoms. The van der Waals surface area contributed by atoms with E-state index in [1.165, 1.54) is 17.7 Å². The number of aliphatic carboxylic acids is 1. The van der Waals surface area contributed by atoms with Crippen molar-refractivity contribution in [3.05, 3.63) is 22.4 Å². The molecule has 110 valence electrons. The molecular weight excluding hydrogens is 270 g/mol. The number of hydrogen-bond acceptors (Lipinski definition) is 3. The molecule has 1 saturated heterocycles. The zero-order valence-corrected chi connectivity index (χ0v) is 13.0. The Kier molecular flexibility index (Phi) is 3.63. The quantitative estimate of drug-likeness (QED) is 0.901. The third-order valence-electron chi connectivity index (χ3n) is 5.16. The molecule has 2 fully saturated rings. The van der Waals surface area contributed by atoms with E-state index < -0.39 is 11.4 Å². The van der Waals surface area contributed by atoms with Crippen molar-refractivity contribution < 1.29 is 9.90 Å². The fourth-order valence-electron chi connectivity index (χ4n) is 3.58. The van der Waals surface area contributed by atoms with Crippen LogP contribution >= 0.6 is 11.3 Å². The highest BCUT2D eigenvalue weighted by Gasteiger charge is 2.50. The topological polar surface area (TPSA) is 40.5 Å². The first-order valence-corrected chi connectivity index (χ1v) is 8.43. The Balaban J connectivity index is 1.83. The molecule has 0 aromatic carbocycles. The number of carbonyl (C=O) groups is 1. The van der Waals surface area contributed by atoms with Crippen LogP contribution in [-0.2, 0) is 4.79 Å². The minimum absolute atomic E-state index is 0.188. The number of carboxylic acid groups (broad SMARTS) is 1. The Morgan fingerprint density at radius 3 is 2.70 bits per heavy atom. The van der Waals surface area contributed by atoms with Gasteiger partial charge in [0.15, 0.2) is 0 Å². The second kappa shape index (κ2) is 5.15. The first-order chi connectivity index (χ1) is 9.54. The van der Waals surface area contributed by atoms with Crippen molar-refractivity contribution in [2.24, 2.45) is 17.3 Å². The van der Waals surface area contributed by atoms with Crippen molar-refractivity contribution in [2.45, 2.75) is 39.2 Å². The van der Waals surface area contributed by atoms with Crippen LogP contribution in [0.1, 0.15) is 44.0 Å². The fraction of sp³-hybridized carbons (Fsp3) is 0.688. The lowest BCUT2D eigenvalue weighted by Crippen LogP contribution is -2.40. The zero-order valence-electron chi connectivity index (χ0n) is 12.2. The maximum Gasteiger partial charge on any atom is 0.311 e. The van der Waals surface area contributed by atoms with Crippen LogP contribution in [0, 0.1) is 17.3 Å². The van der Waals surface area contributed by atoms with Gasteiger partial charge in [0.2, 0.25) is 0 Å². The highest BCUT2D eigenvalue weighted by atomic mass is 32.1. The number of hydrogen-bond donors (Lipinski definition) is 1. The van der Waals surface area contributed by atoms with Crippen molar-refractivity contribution in [3.63, 3.8) is 0 Å². The highest BCUT2D eigenvalue weighted by Crippen LogP contribution is 2.50. The largest absolute Gasteiger partial charge is 0.481 e. The Bertz CT molecular complexity index is 481. The van der Waals surface area contributed by atoms with Crippen LogP contribution in [0.2, 0.25) is 0 Å². The van der Waals surface area contributed by atoms with Gasteiger partial charge in [-0.1, -0.05) is 19.9 Å². The first-order valence-electron chi connectivity index (χ1n) is 7.55. The SMILES string of the molecule is CC(C)C1(C(=O)O)CCN(C(c2cccs2)C2CC2)C1. The lowest BCUT2D eigenvalue weighted by atomic mass is 9.76. The number of nitrogens with zero attached hydrogens (tertiary/aromatic N) is 1. The summed E-state index contributed by atoms with van der Waals surface area (Å²) < 4.78 is 0. The van der Waals surface area contributed by atoms with Gasteiger partial charge in [0.1, 0.15) is 0 Å². The smallest absolute Gasteiger partial charge is 0.311 e. The summed E-state index contributed by atoms with van der Waals surface area (Å²) in [5, 5.41) is 11.8. The van der Waals surface area contributed by atoms with E-state index in [0.29, 0.717) is 12.6 Å². The molecule has 0 amide bonds. The predicted octanol–water partition coefficient (Wildman–Crippen LogP) is 3.63. The summed E-state index contributed by atoms with van der Waals surface area (Å²) in [5.74, 6) is 0.314. The summed E-state index contributed by atoms with van der Waals surface area (Å²) in [4.78, 5) is 15.6. The molecular formula is C16H23NO2S. The van der Waals surface area contributed by atoms with Crippen LogP contribution in [-0.4, -0.2) is 29.1 Å². The van der Waals surface area contributed by atoms with E-state index in [2.05, 4.69) is 36.3 Å². The van der Waals surface area contributed by atoms with Gasteiger partial charge in [-0.15, -0.1) is 11.3 Å². The molecule has 1 saturated carbocycles. The molecule has 1 aromatic heterocycles. The van der Waals surface area contributed by atoms with Gasteiger partial charge in [0.25, 0.3) is 0 Å². The Morgan fingerprint density at radius 1 is 1.50 bits per heavy atom. The number of carboxylic acids is 1. The Labute approximate surface area is 124 Å². The van der Waals surface area contributed by atoms with E-state index in [1.54, 1.807) is 0 Å². The molecule has 0 bridgehead atoms. The third kappa shape index (κ3) is 2.29. The molecule has 1 N–H and O–H groups in total. The van der Waals surface area contributed by atoms with Crippen LogP contribution in [0.3, 0.4) is 0 Å². The molecule has 3 rings (SSSR count). The van der Waals surface area contributed by atoms with Crippen LogP contribution in [0.5, 0.6) is 0 Å². The van der Waals surface area contributed by atoms with Crippen LogP contribution < -0.4 is 0 Å². The summed E-state index contributed by atoms with van der Waals surface area (Å²) in [6.07, 6.45) is 3.37. The second-order valence-corrected chi connectivity index (χ2v) is 7.61. The maximum atomic E-state index is 11.8. The Hall–Kier alpha value is -0.870. The summed E-state index contributed by atoms with van der Waals surface area (Å²) >= 11 is 1.81. The fourth-order valence-corrected chi connectivity index (χ4v) is 4.53. The Morgan fingerprint density at radius 2 is 2.25 bits per heavy atom. The third-order valence-corrected chi connectivity index (χ3v) is 6.10. The lowest BCUT2D eigenvalue weighted by molar-refractivity contribution is -0.151. The normalized spacial score (nSPS) is 28.9. The van der Waals surface area contributed by atoms with Gasteiger partial charge in [-0.3, -0.25) is 9.69 Å². The van der Waals surface area contributed by atoms with E-state index >= 15 is 0 Å². The maximum absolute atomic E-state index is 11.8. The van der Waals surface area contributed by atoms with Gasteiger partial charge in [-0.2, -0.15) is 0 Å². The van der Waals surface area contributed by atoms with Gasteiger partial charge >= 0.3 is 5.97 Å². The molecule has 1 aliphatic heterocycles. The van der Waals surface area contributed by atoms with Gasteiger partial charge in [-0.25, -0.2) is 0 Å². The monoisotopic (exact) mass is 293 g/mol. The van der Waals surface area contributed by atoms with Crippen molar-refractivity contribution >= 4 is 17.3 Å². The minimum atomic E-state index is -0.615. The van der Waals surface area contributed by atoms with Gasteiger partial charge in [0.05, 0.1) is 5.41 Å². The van der Waals surface area contributed by atoms with Crippen molar-refractivity contribution in [2.75, 3.05) is 13.1 Å². The van der Waals surface area contributed by atoms with E-state index in [-0.39, 0.29) is 5.92 Å². The van der Waals surface area contributed by atoms with Gasteiger partial charge < -0.3 is 5.11 Å². The standard InChI is InChI=1S/C16H23NO2S/c1-11(2)16(15(18)19)7-8-17(10-16)14(12-5-6-12)13-4-3-9-20-13/h3-4,9,11-12,14H,5-8,10H2,1-2H3,(H,18,19). The number of rotatable bonds is 5. The molecule has 0 radical (unpaired) electrons. The van der Waals surface area contributed by atoms with Crippen molar-refractivity contribution in [3.8, 4) is 0 Å². The zero-order chi connectivity index (χ0) is 14.3. The van der Waals surface area contributed by atoms with E-state index in [9.17, 15) is 9.90 Å². The van der Waals surface area contributed by atoms with Crippen molar-refractivity contribution in [1.29, 1.82) is 0 Å². The van der Waals surface area contributed by atoms with E-state index in [0.717, 1.165) is 18.9 Å². The molecule has 0 spiro atoms. The second-order valence-electron chi connectivity index (χ2n) is 6.63. The average molecular weight is 293 g/mol. The molecule has 2 atom stereocenters. The molecule has 2 heterocycles. The van der Waals surface area contributed by atoms with Crippen LogP contribution in [0.25, 0.3) is 0 Å². The summed E-state index contributed by atoms with van der Waals surface area (Å²) in [7, 11) is 0. The molecule has 1 aliphatic carbocycles. The summed E-state index contributed by atoms with van der Waals surface area (Å²) in [5.41, 5.74) is -0.551. The summed E-state index contributed by atoms with van der Waals surface area (Å²) in [6, 6.07) is 4.78. The highest BCUT2D eigenvalue weighted by molar-refractivity contribution is 7.10. The van der Waals surface area contributed by atoms with Gasteiger partial charge in [-0.05, 0) is 49.1 Å². The molecule has 1 aromatic rings. The van der Waals surface area contributed by atoms with Crippen LogP contribution in [0.15, 0.2) is 17.5 Å². The van der Waals surface area contributed by atoms with Crippen molar-refractivity contribution in [1.82, 2.24) is 4.90 Å². The first kappa shape index (κ1) is 14.1. The molecule has 2 aliphatic rings. The predicted molar refractivity (Wildman–Crippen MR) is 80.9 cm³/mol. The summed E-state index contributed by atoms with van der Waals surface area (Å²) in [6.45, 7) is 5.73. The lowest BCUT2D eigenvalue weighted by Gasteiger charge is -2.32. The molecule has 20 heavy (non-hydrogen) atoms.